The predicted molar refractivity (Wildman–Crippen MR) is 118 cm³/mol. The number of aliphatic hydroxyl groups excluding tert-OH is 1. The number of thiophene rings is 1. The number of benzene rings is 1. The third kappa shape index (κ3) is 6.71. The van der Waals surface area contributed by atoms with Gasteiger partial charge in [-0.2, -0.15) is 0 Å². The van der Waals surface area contributed by atoms with E-state index < -0.39 is 48.7 Å². The van der Waals surface area contributed by atoms with Crippen molar-refractivity contribution < 1.29 is 44.3 Å². The molecule has 11 heteroatoms. The zero-order chi connectivity index (χ0) is 24.0. The first kappa shape index (κ1) is 25.1. The highest BCUT2D eigenvalue weighted by Crippen LogP contribution is 2.28. The van der Waals surface area contributed by atoms with Gasteiger partial charge in [-0.15, -0.1) is 11.3 Å². The zero-order valence-electron chi connectivity index (χ0n) is 17.9. The number of hydrogen-bond donors (Lipinski definition) is 4. The van der Waals surface area contributed by atoms with Gasteiger partial charge in [0.05, 0.1) is 32.2 Å². The summed E-state index contributed by atoms with van der Waals surface area (Å²) in [6.45, 7) is 1.02. The first-order valence-corrected chi connectivity index (χ1v) is 11.4. The van der Waals surface area contributed by atoms with Crippen molar-refractivity contribution in [3.63, 3.8) is 0 Å². The maximum Gasteiger partial charge on any atom is 0.337 e. The molecule has 1 aromatic carbocycles. The second-order valence-corrected chi connectivity index (χ2v) is 9.01. The summed E-state index contributed by atoms with van der Waals surface area (Å²) in [6, 6.07) is 8.25. The van der Waals surface area contributed by atoms with Crippen LogP contribution in [0.3, 0.4) is 0 Å². The number of hydrogen-bond acceptors (Lipinski definition) is 8. The Bertz CT molecular complexity index is 969. The molecule has 1 aliphatic rings. The molecular weight excluding hydrogens is 454 g/mol. The molecule has 0 saturated carbocycles. The third-order valence-electron chi connectivity index (χ3n) is 5.48. The van der Waals surface area contributed by atoms with E-state index in [2.05, 4.69) is 18.2 Å². The van der Waals surface area contributed by atoms with Crippen molar-refractivity contribution in [2.24, 2.45) is 0 Å². The van der Waals surface area contributed by atoms with E-state index in [0.29, 0.717) is 13.0 Å². The lowest BCUT2D eigenvalue weighted by Gasteiger charge is -2.44. The lowest BCUT2D eigenvalue weighted by Crippen LogP contribution is -2.60. The summed E-state index contributed by atoms with van der Waals surface area (Å²) >= 11 is 1.67. The maximum absolute atomic E-state index is 11.9. The fourth-order valence-corrected chi connectivity index (χ4v) is 4.55. The Labute approximate surface area is 194 Å². The number of ether oxygens (including phenoxy) is 2. The molecule has 1 atom stereocenters. The van der Waals surface area contributed by atoms with Gasteiger partial charge in [-0.1, -0.05) is 12.1 Å². The first-order chi connectivity index (χ1) is 15.7. The van der Waals surface area contributed by atoms with Crippen LogP contribution >= 0.6 is 11.3 Å². The van der Waals surface area contributed by atoms with Crippen LogP contribution in [0.1, 0.15) is 24.8 Å². The van der Waals surface area contributed by atoms with Gasteiger partial charge in [0.25, 0.3) is 0 Å². The second kappa shape index (κ2) is 11.0. The SMILES string of the molecule is O=C(O)CC(CC(=O)O)(OC(CCOCCc1ccc2sccc2c1)N1CC(O)C1)C(=O)O. The number of fused-ring (bicyclic) bond motifs is 1. The van der Waals surface area contributed by atoms with Crippen LogP contribution in [0, 0.1) is 0 Å². The molecule has 0 bridgehead atoms. The Morgan fingerprint density at radius 2 is 1.79 bits per heavy atom. The average molecular weight is 482 g/mol. The van der Waals surface area contributed by atoms with E-state index in [9.17, 15) is 24.6 Å². The summed E-state index contributed by atoms with van der Waals surface area (Å²) in [5.74, 6) is -4.64. The van der Waals surface area contributed by atoms with Crippen LogP contribution in [0.25, 0.3) is 10.1 Å². The predicted octanol–water partition coefficient (Wildman–Crippen LogP) is 1.64. The van der Waals surface area contributed by atoms with Crippen LogP contribution in [0.4, 0.5) is 0 Å². The summed E-state index contributed by atoms with van der Waals surface area (Å²) in [6.07, 6.45) is -2.67. The largest absolute Gasteiger partial charge is 0.481 e. The van der Waals surface area contributed by atoms with Gasteiger partial charge in [0.1, 0.15) is 6.23 Å². The van der Waals surface area contributed by atoms with Crippen molar-refractivity contribution in [2.75, 3.05) is 26.3 Å². The standard InChI is InChI=1S/C22H27NO9S/c24-16-12-23(13-16)18(32-22(21(29)30,10-19(25)26)11-20(27)28)4-7-31-6-3-14-1-2-17-15(9-14)5-8-33-17/h1-2,5,8-9,16,18,24H,3-4,6-7,10-13H2,(H,25,26)(H,27,28)(H,29,30). The van der Waals surface area contributed by atoms with Crippen molar-refractivity contribution in [3.8, 4) is 0 Å². The minimum absolute atomic E-state index is 0.185. The molecule has 1 unspecified atom stereocenters. The second-order valence-electron chi connectivity index (χ2n) is 8.06. The molecule has 3 rings (SSSR count). The van der Waals surface area contributed by atoms with Crippen LogP contribution in [0.15, 0.2) is 29.6 Å². The fraction of sp³-hybridized carbons (Fsp3) is 0.500. The molecule has 1 aliphatic heterocycles. The van der Waals surface area contributed by atoms with E-state index in [1.54, 1.807) is 16.2 Å². The molecule has 2 aromatic rings. The molecule has 0 radical (unpaired) electrons. The van der Waals surface area contributed by atoms with Crippen molar-refractivity contribution >= 4 is 39.3 Å². The summed E-state index contributed by atoms with van der Waals surface area (Å²) in [7, 11) is 0. The van der Waals surface area contributed by atoms with Crippen molar-refractivity contribution in [2.45, 2.75) is 43.6 Å². The van der Waals surface area contributed by atoms with Gasteiger partial charge in [0.2, 0.25) is 0 Å². The summed E-state index contributed by atoms with van der Waals surface area (Å²) in [4.78, 5) is 36.1. The minimum Gasteiger partial charge on any atom is -0.481 e. The molecule has 1 saturated heterocycles. The van der Waals surface area contributed by atoms with Crippen molar-refractivity contribution in [3.05, 3.63) is 35.2 Å². The smallest absolute Gasteiger partial charge is 0.337 e. The highest BCUT2D eigenvalue weighted by molar-refractivity contribution is 7.17. The van der Waals surface area contributed by atoms with E-state index in [-0.39, 0.29) is 26.1 Å². The number of nitrogens with zero attached hydrogens (tertiary/aromatic N) is 1. The van der Waals surface area contributed by atoms with Gasteiger partial charge in [0, 0.05) is 24.2 Å². The molecule has 33 heavy (non-hydrogen) atoms. The lowest BCUT2D eigenvalue weighted by molar-refractivity contribution is -0.217. The summed E-state index contributed by atoms with van der Waals surface area (Å²) in [5, 5.41) is 40.8. The minimum atomic E-state index is -2.43. The van der Waals surface area contributed by atoms with Gasteiger partial charge >= 0.3 is 17.9 Å². The normalized spacial score (nSPS) is 15.9. The van der Waals surface area contributed by atoms with Gasteiger partial charge in [-0.25, -0.2) is 4.79 Å². The van der Waals surface area contributed by atoms with Crippen molar-refractivity contribution in [1.82, 2.24) is 4.90 Å². The fourth-order valence-electron chi connectivity index (χ4n) is 3.78. The Morgan fingerprint density at radius 1 is 1.09 bits per heavy atom. The molecule has 0 spiro atoms. The molecule has 0 aliphatic carbocycles. The lowest BCUT2D eigenvalue weighted by atomic mass is 9.94. The van der Waals surface area contributed by atoms with E-state index in [4.69, 9.17) is 19.7 Å². The maximum atomic E-state index is 11.9. The Balaban J connectivity index is 1.59. The van der Waals surface area contributed by atoms with Crippen LogP contribution in [0.5, 0.6) is 0 Å². The number of carboxylic acids is 3. The number of rotatable bonds is 14. The molecule has 4 N–H and O–H groups in total. The Morgan fingerprint density at radius 3 is 2.39 bits per heavy atom. The Kier molecular flexibility index (Phi) is 8.38. The highest BCUT2D eigenvalue weighted by atomic mass is 32.1. The van der Waals surface area contributed by atoms with Crippen LogP contribution in [0.2, 0.25) is 0 Å². The van der Waals surface area contributed by atoms with E-state index >= 15 is 0 Å². The number of aliphatic carboxylic acids is 3. The van der Waals surface area contributed by atoms with Gasteiger partial charge in [-0.05, 0) is 34.9 Å². The topological polar surface area (TPSA) is 154 Å². The quantitative estimate of drug-likeness (QED) is 0.293. The summed E-state index contributed by atoms with van der Waals surface area (Å²) in [5.41, 5.74) is -1.31. The summed E-state index contributed by atoms with van der Waals surface area (Å²) < 4.78 is 12.6. The van der Waals surface area contributed by atoms with Crippen molar-refractivity contribution in [1.29, 1.82) is 0 Å². The van der Waals surface area contributed by atoms with E-state index in [0.717, 1.165) is 5.56 Å². The molecule has 1 fully saturated rings. The number of aliphatic hydroxyl groups is 1. The molecule has 10 nitrogen and oxygen atoms in total. The highest BCUT2D eigenvalue weighted by Gasteiger charge is 2.48. The number of carboxylic acid groups (broad SMARTS) is 3. The molecule has 2 heterocycles. The van der Waals surface area contributed by atoms with Crippen LogP contribution in [-0.4, -0.2) is 87.5 Å². The third-order valence-corrected chi connectivity index (χ3v) is 6.38. The molecular formula is C22H27NO9S. The zero-order valence-corrected chi connectivity index (χ0v) is 18.7. The number of β-amino-alcohol motifs (C(OH)–C–C–N with tert-alkyl or cyclic N) is 1. The van der Waals surface area contributed by atoms with Gasteiger partial charge in [-0.3, -0.25) is 14.5 Å². The molecule has 180 valence electrons. The molecule has 0 amide bonds. The van der Waals surface area contributed by atoms with E-state index in [1.807, 2.05) is 11.4 Å². The number of carbonyl (C=O) groups is 3. The van der Waals surface area contributed by atoms with Crippen LogP contribution in [-0.2, 0) is 30.3 Å². The first-order valence-electron chi connectivity index (χ1n) is 10.5. The van der Waals surface area contributed by atoms with Crippen LogP contribution < -0.4 is 0 Å². The monoisotopic (exact) mass is 481 g/mol. The average Bonchev–Trinajstić information content (AvgIpc) is 3.17. The Hall–Kier alpha value is -2.57. The molecule has 1 aromatic heterocycles. The van der Waals surface area contributed by atoms with E-state index in [1.165, 1.54) is 10.1 Å². The number of likely N-dealkylation sites (tertiary alicyclic amines) is 1. The van der Waals surface area contributed by atoms with Gasteiger partial charge < -0.3 is 29.9 Å². The van der Waals surface area contributed by atoms with Gasteiger partial charge in [0.15, 0.2) is 5.60 Å².